The SMILES string of the molecule is CCCCCCCCCCCCCCCCCCCCCCCCCCCCCCCCCCCCCCF. The van der Waals surface area contributed by atoms with Crippen LogP contribution in [-0.2, 0) is 0 Å². The standard InChI is InChI=1S/C38H77F/c1-2-3-4-5-6-7-8-9-10-11-12-13-14-15-16-17-18-19-20-21-22-23-24-25-26-27-28-29-30-31-32-33-34-35-36-37-38-39/h2-38H2,1H3. The number of hydrogen-bond donors (Lipinski definition) is 0. The lowest BCUT2D eigenvalue weighted by Crippen LogP contribution is -1.85. The molecule has 0 radical (unpaired) electrons. The normalized spacial score (nSPS) is 11.5. The first-order chi connectivity index (χ1) is 19.4. The highest BCUT2D eigenvalue weighted by atomic mass is 19.1. The summed E-state index contributed by atoms with van der Waals surface area (Å²) in [5.74, 6) is 0. The van der Waals surface area contributed by atoms with E-state index in [-0.39, 0.29) is 6.67 Å². The van der Waals surface area contributed by atoms with Gasteiger partial charge < -0.3 is 0 Å². The van der Waals surface area contributed by atoms with Gasteiger partial charge in [0.25, 0.3) is 0 Å². The van der Waals surface area contributed by atoms with Gasteiger partial charge in [0, 0.05) is 0 Å². The van der Waals surface area contributed by atoms with Gasteiger partial charge in [-0.3, -0.25) is 4.39 Å². The maximum Gasteiger partial charge on any atom is 0.0894 e. The Morgan fingerprint density at radius 3 is 0.462 bits per heavy atom. The summed E-state index contributed by atoms with van der Waals surface area (Å²) in [6.45, 7) is 2.18. The zero-order valence-electron chi connectivity index (χ0n) is 27.5. The summed E-state index contributed by atoms with van der Waals surface area (Å²) in [5, 5.41) is 0. The number of unbranched alkanes of at least 4 members (excludes halogenated alkanes) is 35. The highest BCUT2D eigenvalue weighted by Crippen LogP contribution is 2.17. The Labute approximate surface area is 248 Å². The van der Waals surface area contributed by atoms with Gasteiger partial charge in [-0.2, -0.15) is 0 Å². The number of hydrogen-bond acceptors (Lipinski definition) is 0. The summed E-state index contributed by atoms with van der Waals surface area (Å²) in [4.78, 5) is 0. The van der Waals surface area contributed by atoms with Crippen LogP contribution in [0.25, 0.3) is 0 Å². The van der Waals surface area contributed by atoms with Crippen molar-refractivity contribution in [2.45, 2.75) is 238 Å². The molecule has 0 aliphatic rings. The van der Waals surface area contributed by atoms with Crippen LogP contribution in [0, 0.1) is 0 Å². The fourth-order valence-electron chi connectivity index (χ4n) is 6.18. The van der Waals surface area contributed by atoms with Gasteiger partial charge >= 0.3 is 0 Å². The van der Waals surface area contributed by atoms with Gasteiger partial charge in [-0.1, -0.05) is 232 Å². The monoisotopic (exact) mass is 553 g/mol. The van der Waals surface area contributed by atoms with Crippen molar-refractivity contribution < 1.29 is 4.39 Å². The van der Waals surface area contributed by atoms with Gasteiger partial charge in [-0.05, 0) is 6.42 Å². The number of alkyl halides is 1. The van der Waals surface area contributed by atoms with Gasteiger partial charge in [0.15, 0.2) is 0 Å². The molecule has 0 atom stereocenters. The van der Waals surface area contributed by atoms with Gasteiger partial charge in [0.1, 0.15) is 0 Å². The molecule has 0 aromatic carbocycles. The third-order valence-electron chi connectivity index (χ3n) is 8.99. The van der Waals surface area contributed by atoms with Crippen molar-refractivity contribution in [2.75, 3.05) is 6.67 Å². The van der Waals surface area contributed by atoms with Gasteiger partial charge in [0.2, 0.25) is 0 Å². The molecule has 0 heterocycles. The van der Waals surface area contributed by atoms with E-state index in [0.717, 1.165) is 12.8 Å². The molecule has 0 bridgehead atoms. The van der Waals surface area contributed by atoms with Gasteiger partial charge in [-0.25, -0.2) is 0 Å². The summed E-state index contributed by atoms with van der Waals surface area (Å²) < 4.78 is 12.0. The lowest BCUT2D eigenvalue weighted by Gasteiger charge is -2.05. The van der Waals surface area contributed by atoms with Crippen LogP contribution in [0.5, 0.6) is 0 Å². The molecular weight excluding hydrogens is 475 g/mol. The Bertz CT molecular complexity index is 356. The molecule has 0 N–H and O–H groups in total. The van der Waals surface area contributed by atoms with E-state index in [4.69, 9.17) is 0 Å². The zero-order chi connectivity index (χ0) is 28.2. The first kappa shape index (κ1) is 38.9. The summed E-state index contributed by atoms with van der Waals surface area (Å²) in [7, 11) is 0. The molecule has 0 spiro atoms. The Kier molecular flexibility index (Phi) is 37.9. The molecule has 0 saturated heterocycles. The van der Waals surface area contributed by atoms with E-state index < -0.39 is 0 Å². The molecule has 0 unspecified atom stereocenters. The van der Waals surface area contributed by atoms with Crippen LogP contribution in [0.15, 0.2) is 0 Å². The molecule has 0 nitrogen and oxygen atoms in total. The molecule has 39 heavy (non-hydrogen) atoms. The Morgan fingerprint density at radius 1 is 0.205 bits per heavy atom. The minimum Gasteiger partial charge on any atom is -0.251 e. The summed E-state index contributed by atoms with van der Waals surface area (Å²) in [6, 6.07) is 0. The Morgan fingerprint density at radius 2 is 0.333 bits per heavy atom. The molecular formula is C38H77F. The van der Waals surface area contributed by atoms with Gasteiger partial charge in [0.05, 0.1) is 6.67 Å². The minimum atomic E-state index is -0.125. The molecule has 1 heteroatoms. The lowest BCUT2D eigenvalue weighted by atomic mass is 10.0. The minimum absolute atomic E-state index is 0.125. The third-order valence-corrected chi connectivity index (χ3v) is 8.99. The van der Waals surface area contributed by atoms with E-state index in [9.17, 15) is 4.39 Å². The molecule has 0 aromatic rings. The highest BCUT2D eigenvalue weighted by molar-refractivity contribution is 4.53. The van der Waals surface area contributed by atoms with Crippen molar-refractivity contribution in [1.82, 2.24) is 0 Å². The van der Waals surface area contributed by atoms with E-state index in [1.165, 1.54) is 218 Å². The van der Waals surface area contributed by atoms with Crippen molar-refractivity contribution in [1.29, 1.82) is 0 Å². The molecule has 0 amide bonds. The predicted molar refractivity (Wildman–Crippen MR) is 178 cm³/mol. The summed E-state index contributed by atoms with van der Waals surface area (Å²) in [5.41, 5.74) is 0. The van der Waals surface area contributed by atoms with Crippen LogP contribution in [-0.4, -0.2) is 6.67 Å². The van der Waals surface area contributed by atoms with E-state index in [1.54, 1.807) is 0 Å². The van der Waals surface area contributed by atoms with Crippen molar-refractivity contribution in [3.8, 4) is 0 Å². The maximum atomic E-state index is 12.0. The van der Waals surface area contributed by atoms with Crippen molar-refractivity contribution in [3.63, 3.8) is 0 Å². The second kappa shape index (κ2) is 37.9. The van der Waals surface area contributed by atoms with Gasteiger partial charge in [-0.15, -0.1) is 0 Å². The van der Waals surface area contributed by atoms with Crippen LogP contribution < -0.4 is 0 Å². The Balaban J connectivity index is 3.01. The van der Waals surface area contributed by atoms with Crippen molar-refractivity contribution in [3.05, 3.63) is 0 Å². The number of rotatable bonds is 36. The molecule has 0 saturated carbocycles. The topological polar surface area (TPSA) is 0 Å². The molecule has 0 aliphatic heterocycles. The first-order valence-corrected chi connectivity index (χ1v) is 19.0. The quantitative estimate of drug-likeness (QED) is 0.0678. The molecule has 0 rings (SSSR count). The molecule has 236 valence electrons. The second-order valence-electron chi connectivity index (χ2n) is 13.1. The largest absolute Gasteiger partial charge is 0.251 e. The maximum absolute atomic E-state index is 12.0. The summed E-state index contributed by atoms with van der Waals surface area (Å²) >= 11 is 0. The smallest absolute Gasteiger partial charge is 0.0894 e. The van der Waals surface area contributed by atoms with E-state index in [2.05, 4.69) is 6.92 Å². The average molecular weight is 553 g/mol. The lowest BCUT2D eigenvalue weighted by molar-refractivity contribution is 0.448. The number of halogens is 1. The van der Waals surface area contributed by atoms with Crippen molar-refractivity contribution >= 4 is 0 Å². The van der Waals surface area contributed by atoms with E-state index in [0.29, 0.717) is 0 Å². The van der Waals surface area contributed by atoms with Crippen LogP contribution in [0.1, 0.15) is 238 Å². The van der Waals surface area contributed by atoms with E-state index in [1.807, 2.05) is 0 Å². The highest BCUT2D eigenvalue weighted by Gasteiger charge is 1.97. The summed E-state index contributed by atoms with van der Waals surface area (Å²) in [6.07, 6.45) is 51.3. The zero-order valence-corrected chi connectivity index (χ0v) is 27.5. The van der Waals surface area contributed by atoms with Crippen molar-refractivity contribution in [2.24, 2.45) is 0 Å². The van der Waals surface area contributed by atoms with Crippen LogP contribution >= 0.6 is 0 Å². The molecule has 0 aliphatic carbocycles. The third kappa shape index (κ3) is 37.9. The molecule has 0 fully saturated rings. The fourth-order valence-corrected chi connectivity index (χ4v) is 6.18. The van der Waals surface area contributed by atoms with Crippen LogP contribution in [0.2, 0.25) is 0 Å². The predicted octanol–water partition coefficient (Wildman–Crippen LogP) is 15.0. The van der Waals surface area contributed by atoms with Crippen LogP contribution in [0.3, 0.4) is 0 Å². The second-order valence-corrected chi connectivity index (χ2v) is 13.1. The molecule has 0 aromatic heterocycles. The first-order valence-electron chi connectivity index (χ1n) is 19.0. The van der Waals surface area contributed by atoms with Crippen LogP contribution in [0.4, 0.5) is 4.39 Å². The fraction of sp³-hybridized carbons (Fsp3) is 1.00. The van der Waals surface area contributed by atoms with E-state index >= 15 is 0 Å². The average Bonchev–Trinajstić information content (AvgIpc) is 2.95. The Hall–Kier alpha value is -0.0700.